The van der Waals surface area contributed by atoms with Crippen LogP contribution < -0.4 is 5.32 Å². The fraction of sp³-hybridized carbons (Fsp3) is 0.286. The van der Waals surface area contributed by atoms with Crippen molar-refractivity contribution in [1.82, 2.24) is 20.1 Å². The number of amides is 1. The van der Waals surface area contributed by atoms with E-state index in [1.165, 1.54) is 0 Å². The van der Waals surface area contributed by atoms with Gasteiger partial charge in [0.05, 0.1) is 36.2 Å². The molecule has 1 amide bonds. The Morgan fingerprint density at radius 3 is 2.08 bits per heavy atom. The number of anilines is 2. The van der Waals surface area contributed by atoms with E-state index in [9.17, 15) is 31.1 Å². The highest BCUT2D eigenvalue weighted by molar-refractivity contribution is 6.00. The van der Waals surface area contributed by atoms with Crippen molar-refractivity contribution in [3.63, 3.8) is 0 Å². The predicted molar refractivity (Wildman–Crippen MR) is 118 cm³/mol. The number of nitrogens with one attached hydrogen (secondary N) is 2. The number of alkyl halides is 6. The summed E-state index contributed by atoms with van der Waals surface area (Å²) in [6.07, 6.45) is -5.11. The lowest BCUT2D eigenvalue weighted by Crippen LogP contribution is -2.40. The second-order valence-corrected chi connectivity index (χ2v) is 7.23. The van der Waals surface area contributed by atoms with Crippen LogP contribution in [0.1, 0.15) is 10.4 Å². The molecule has 1 saturated heterocycles. The fourth-order valence-electron chi connectivity index (χ4n) is 2.79. The highest BCUT2D eigenvalue weighted by atomic mass is 19.4. The molecule has 4 rings (SSSR count). The summed E-state index contributed by atoms with van der Waals surface area (Å²) in [7, 11) is 0. The molecule has 4 N–H and O–H groups in total. The summed E-state index contributed by atoms with van der Waals surface area (Å²) in [6.45, 7) is 2.36. The summed E-state index contributed by atoms with van der Waals surface area (Å²) in [5, 5.41) is 25.5. The second-order valence-electron chi connectivity index (χ2n) is 7.23. The molecule has 1 aliphatic rings. The molecule has 17 heteroatoms. The molecule has 206 valence electrons. The molecule has 0 saturated carbocycles. The Morgan fingerprint density at radius 1 is 0.947 bits per heavy atom. The van der Waals surface area contributed by atoms with Crippen LogP contribution in [0.15, 0.2) is 42.9 Å². The van der Waals surface area contributed by atoms with Crippen molar-refractivity contribution in [3.05, 3.63) is 48.4 Å². The number of rotatable bonds is 3. The number of carboxylic acid groups (broad SMARTS) is 2. The number of ether oxygens (including phenoxy) is 1. The first-order valence-corrected chi connectivity index (χ1v) is 10.3. The minimum atomic E-state index is -5.08. The van der Waals surface area contributed by atoms with Crippen molar-refractivity contribution in [3.8, 4) is 0 Å². The number of carbonyl (C=O) groups is 3. The molecule has 1 aromatic carbocycles. The number of hydrogen-bond acceptors (Lipinski definition) is 7. The van der Waals surface area contributed by atoms with E-state index in [1.807, 2.05) is 24.3 Å². The third kappa shape index (κ3) is 8.91. The first kappa shape index (κ1) is 29.8. The number of aliphatic carboxylic acids is 2. The molecule has 38 heavy (non-hydrogen) atoms. The van der Waals surface area contributed by atoms with Gasteiger partial charge in [-0.1, -0.05) is 0 Å². The molecule has 11 nitrogen and oxygen atoms in total. The number of morpholine rings is 1. The second kappa shape index (κ2) is 12.7. The van der Waals surface area contributed by atoms with E-state index in [4.69, 9.17) is 24.5 Å². The van der Waals surface area contributed by atoms with Crippen LogP contribution in [-0.4, -0.2) is 86.8 Å². The molecule has 0 unspecified atom stereocenters. The van der Waals surface area contributed by atoms with Crippen molar-refractivity contribution in [2.24, 2.45) is 0 Å². The van der Waals surface area contributed by atoms with Gasteiger partial charge in [0.2, 0.25) is 0 Å². The lowest BCUT2D eigenvalue weighted by molar-refractivity contribution is -0.193. The van der Waals surface area contributed by atoms with E-state index in [0.717, 1.165) is 22.3 Å². The fourth-order valence-corrected chi connectivity index (χ4v) is 2.79. The summed E-state index contributed by atoms with van der Waals surface area (Å²) in [5.41, 5.74) is 3.17. The van der Waals surface area contributed by atoms with Crippen molar-refractivity contribution in [2.45, 2.75) is 12.4 Å². The maximum absolute atomic E-state index is 12.8. The van der Waals surface area contributed by atoms with Crippen molar-refractivity contribution in [2.75, 3.05) is 31.6 Å². The normalized spacial score (nSPS) is 13.5. The molecule has 0 radical (unpaired) electrons. The number of carbonyl (C=O) groups excluding carboxylic acids is 1. The summed E-state index contributed by atoms with van der Waals surface area (Å²) >= 11 is 0. The van der Waals surface area contributed by atoms with Gasteiger partial charge in [0.25, 0.3) is 5.91 Å². The van der Waals surface area contributed by atoms with Crippen LogP contribution in [0.3, 0.4) is 0 Å². The zero-order valence-corrected chi connectivity index (χ0v) is 19.0. The molecule has 0 bridgehead atoms. The monoisotopic (exact) mass is 551 g/mol. The molecular formula is C21H19F6N5O6. The van der Waals surface area contributed by atoms with E-state index < -0.39 is 24.3 Å². The number of nitrogens with zero attached hydrogens (tertiary/aromatic N) is 3. The minimum absolute atomic E-state index is 0.0294. The number of carboxylic acids is 2. The van der Waals surface area contributed by atoms with Gasteiger partial charge in [-0.15, -0.1) is 0 Å². The largest absolute Gasteiger partial charge is 0.490 e. The first-order chi connectivity index (χ1) is 17.7. The lowest BCUT2D eigenvalue weighted by Gasteiger charge is -2.27. The van der Waals surface area contributed by atoms with E-state index >= 15 is 0 Å². The Kier molecular flexibility index (Phi) is 9.97. The molecule has 0 spiro atoms. The van der Waals surface area contributed by atoms with Crippen molar-refractivity contribution in [1.29, 1.82) is 0 Å². The third-order valence-corrected chi connectivity index (χ3v) is 4.55. The number of aromatic nitrogens is 3. The van der Waals surface area contributed by atoms with Crippen LogP contribution >= 0.6 is 0 Å². The summed E-state index contributed by atoms with van der Waals surface area (Å²) in [6, 6.07) is 7.70. The highest BCUT2D eigenvalue weighted by Gasteiger charge is 2.38. The maximum Gasteiger partial charge on any atom is 0.490 e. The number of pyridine rings is 1. The Bertz CT molecular complexity index is 1230. The number of aromatic amines is 1. The summed E-state index contributed by atoms with van der Waals surface area (Å²) < 4.78 is 68.8. The number of fused-ring (bicyclic) bond motifs is 1. The zero-order chi connectivity index (χ0) is 28.5. The smallest absolute Gasteiger partial charge is 0.475 e. The van der Waals surface area contributed by atoms with Crippen LogP contribution in [0.5, 0.6) is 0 Å². The van der Waals surface area contributed by atoms with Crippen molar-refractivity contribution >= 4 is 40.1 Å². The zero-order valence-electron chi connectivity index (χ0n) is 19.0. The molecule has 0 aliphatic carbocycles. The van der Waals surface area contributed by atoms with Gasteiger partial charge in [-0.25, -0.2) is 9.59 Å². The van der Waals surface area contributed by atoms with E-state index in [0.29, 0.717) is 31.9 Å². The topological polar surface area (TPSA) is 158 Å². The van der Waals surface area contributed by atoms with Crippen LogP contribution in [0.4, 0.5) is 37.7 Å². The predicted octanol–water partition coefficient (Wildman–Crippen LogP) is 3.44. The van der Waals surface area contributed by atoms with Crippen molar-refractivity contribution < 1.29 is 55.7 Å². The van der Waals surface area contributed by atoms with Gasteiger partial charge in [-0.05, 0) is 24.3 Å². The minimum Gasteiger partial charge on any atom is -0.475 e. The molecule has 1 aliphatic heterocycles. The third-order valence-electron chi connectivity index (χ3n) is 4.55. The van der Waals surface area contributed by atoms with E-state index in [-0.39, 0.29) is 5.91 Å². The van der Waals surface area contributed by atoms with Gasteiger partial charge in [0, 0.05) is 36.6 Å². The number of benzene rings is 1. The highest BCUT2D eigenvalue weighted by Crippen LogP contribution is 2.24. The lowest BCUT2D eigenvalue weighted by atomic mass is 10.1. The standard InChI is InChI=1S/C17H17N5O2.2C2HF3O2/c23-17(22-5-7-24-8-6-22)14-11-18-4-3-16(14)20-13-1-2-15-12(9-13)10-19-21-15;2*3-2(4,5)1(6)7/h1-4,9-11H,5-8H2,(H,18,20)(H,19,21);2*(H,6,7). The van der Waals surface area contributed by atoms with Gasteiger partial charge < -0.3 is 25.2 Å². The van der Waals surface area contributed by atoms with Gasteiger partial charge in [0.1, 0.15) is 0 Å². The molecule has 3 aromatic rings. The number of H-pyrrole nitrogens is 1. The Morgan fingerprint density at radius 2 is 1.53 bits per heavy atom. The average molecular weight is 551 g/mol. The van der Waals surface area contributed by atoms with E-state index in [1.54, 1.807) is 23.5 Å². The number of hydrogen-bond donors (Lipinski definition) is 4. The maximum atomic E-state index is 12.8. The van der Waals surface area contributed by atoms with Crippen LogP contribution in [-0.2, 0) is 14.3 Å². The average Bonchev–Trinajstić information content (AvgIpc) is 3.32. The molecule has 0 atom stereocenters. The Hall–Kier alpha value is -4.41. The molecule has 1 fully saturated rings. The molecule has 3 heterocycles. The Balaban J connectivity index is 0.000000301. The van der Waals surface area contributed by atoms with Crippen LogP contribution in [0, 0.1) is 0 Å². The number of halogens is 6. The van der Waals surface area contributed by atoms with Crippen LogP contribution in [0.2, 0.25) is 0 Å². The summed E-state index contributed by atoms with van der Waals surface area (Å²) in [4.78, 5) is 36.5. The van der Waals surface area contributed by atoms with Gasteiger partial charge in [0.15, 0.2) is 0 Å². The van der Waals surface area contributed by atoms with Crippen LogP contribution in [0.25, 0.3) is 10.9 Å². The van der Waals surface area contributed by atoms with Gasteiger partial charge in [-0.2, -0.15) is 31.4 Å². The van der Waals surface area contributed by atoms with Gasteiger partial charge in [-0.3, -0.25) is 14.9 Å². The first-order valence-electron chi connectivity index (χ1n) is 10.3. The molecule has 2 aromatic heterocycles. The van der Waals surface area contributed by atoms with Gasteiger partial charge >= 0.3 is 24.3 Å². The van der Waals surface area contributed by atoms with E-state index in [2.05, 4.69) is 20.5 Å². The quantitative estimate of drug-likeness (QED) is 0.358. The Labute approximate surface area is 209 Å². The molecular weight excluding hydrogens is 532 g/mol. The SMILES string of the molecule is O=C(O)C(F)(F)F.O=C(O)C(F)(F)F.O=C(c1cnccc1Nc1ccc2[nH]ncc2c1)N1CCOCC1. The summed E-state index contributed by atoms with van der Waals surface area (Å²) in [5.74, 6) is -5.54.